The van der Waals surface area contributed by atoms with Crippen molar-refractivity contribution in [2.75, 3.05) is 23.7 Å². The number of amides is 2. The van der Waals surface area contributed by atoms with Crippen LogP contribution in [0.3, 0.4) is 0 Å². The summed E-state index contributed by atoms with van der Waals surface area (Å²) in [5.74, 6) is -1.38. The number of benzene rings is 1. The van der Waals surface area contributed by atoms with Crippen LogP contribution in [0.5, 0.6) is 0 Å². The summed E-state index contributed by atoms with van der Waals surface area (Å²) in [7, 11) is -3.79. The van der Waals surface area contributed by atoms with Crippen LogP contribution in [0.4, 0.5) is 14.9 Å². The largest absolute Gasteiger partial charge is 0.444 e. The van der Waals surface area contributed by atoms with E-state index in [1.807, 2.05) is 0 Å². The average molecular weight is 556 g/mol. The van der Waals surface area contributed by atoms with Crippen LogP contribution in [0.25, 0.3) is 0 Å². The summed E-state index contributed by atoms with van der Waals surface area (Å²) < 4.78 is 48.8. The van der Waals surface area contributed by atoms with Crippen molar-refractivity contribution in [1.82, 2.24) is 9.62 Å². The maximum absolute atomic E-state index is 15.5. The lowest BCUT2D eigenvalue weighted by Crippen LogP contribution is -2.40. The van der Waals surface area contributed by atoms with E-state index in [1.54, 1.807) is 39.0 Å². The summed E-state index contributed by atoms with van der Waals surface area (Å²) in [6, 6.07) is 6.63. The average Bonchev–Trinajstić information content (AvgIpc) is 3.36. The van der Waals surface area contributed by atoms with Crippen molar-refractivity contribution in [2.45, 2.75) is 45.8 Å². The topological polar surface area (TPSA) is 96.0 Å². The van der Waals surface area contributed by atoms with Gasteiger partial charge in [0.15, 0.2) is 5.82 Å². The Balaban J connectivity index is 1.42. The molecule has 0 spiro atoms. The Hall–Kier alpha value is -2.63. The minimum Gasteiger partial charge on any atom is -0.444 e. The van der Waals surface area contributed by atoms with Crippen molar-refractivity contribution in [2.24, 2.45) is 0 Å². The molecule has 1 aromatic heterocycles. The van der Waals surface area contributed by atoms with Gasteiger partial charge in [-0.1, -0.05) is 17.7 Å². The molecule has 0 saturated heterocycles. The fourth-order valence-corrected chi connectivity index (χ4v) is 6.33. The van der Waals surface area contributed by atoms with Gasteiger partial charge in [0, 0.05) is 24.5 Å². The van der Waals surface area contributed by atoms with Crippen LogP contribution in [0, 0.1) is 5.82 Å². The highest BCUT2D eigenvalue weighted by molar-refractivity contribution is 7.89. The summed E-state index contributed by atoms with van der Waals surface area (Å²) in [4.78, 5) is 28.9. The number of halogens is 2. The van der Waals surface area contributed by atoms with Crippen LogP contribution >= 0.6 is 22.9 Å². The molecular formula is C24H27ClFN3O5S2. The number of aryl methyl sites for hydroxylation is 1. The van der Waals surface area contributed by atoms with Gasteiger partial charge in [-0.2, -0.15) is 0 Å². The van der Waals surface area contributed by atoms with Gasteiger partial charge in [-0.05, 0) is 69.0 Å². The number of sulfonamides is 1. The van der Waals surface area contributed by atoms with Crippen molar-refractivity contribution in [3.8, 4) is 0 Å². The monoisotopic (exact) mass is 555 g/mol. The second-order valence-electron chi connectivity index (χ2n) is 9.60. The van der Waals surface area contributed by atoms with Gasteiger partial charge in [0.05, 0.1) is 15.8 Å². The SMILES string of the molecule is CC(C)(C)OC(=O)N1CCc2c(ccc(N3CC=C(NS(=O)(=O)CCc4ccc(Cl)s4)C3=O)c2F)C1. The molecule has 0 atom stereocenters. The third kappa shape index (κ3) is 6.01. The van der Waals surface area contributed by atoms with Crippen molar-refractivity contribution in [3.63, 3.8) is 0 Å². The molecule has 0 saturated carbocycles. The highest BCUT2D eigenvalue weighted by Gasteiger charge is 2.33. The van der Waals surface area contributed by atoms with E-state index in [-0.39, 0.29) is 49.6 Å². The lowest BCUT2D eigenvalue weighted by atomic mass is 9.98. The zero-order chi connectivity index (χ0) is 26.3. The van der Waals surface area contributed by atoms with Gasteiger partial charge in [-0.15, -0.1) is 11.3 Å². The van der Waals surface area contributed by atoms with Gasteiger partial charge >= 0.3 is 6.09 Å². The quantitative estimate of drug-likeness (QED) is 0.575. The number of rotatable bonds is 6. The molecule has 2 aliphatic heterocycles. The van der Waals surface area contributed by atoms with E-state index in [9.17, 15) is 18.0 Å². The molecule has 2 aliphatic rings. The number of nitrogens with one attached hydrogen (secondary N) is 1. The predicted octanol–water partition coefficient (Wildman–Crippen LogP) is 4.23. The van der Waals surface area contributed by atoms with Gasteiger partial charge < -0.3 is 14.5 Å². The molecule has 8 nitrogen and oxygen atoms in total. The highest BCUT2D eigenvalue weighted by Crippen LogP contribution is 2.32. The van der Waals surface area contributed by atoms with Gasteiger partial charge in [0.1, 0.15) is 11.3 Å². The Morgan fingerprint density at radius 2 is 2.00 bits per heavy atom. The van der Waals surface area contributed by atoms with Gasteiger partial charge in [-0.3, -0.25) is 9.52 Å². The fourth-order valence-electron chi connectivity index (χ4n) is 4.02. The molecule has 2 aromatic rings. The lowest BCUT2D eigenvalue weighted by Gasteiger charge is -2.32. The first-order chi connectivity index (χ1) is 16.8. The Bertz CT molecular complexity index is 1330. The Labute approximate surface area is 218 Å². The van der Waals surface area contributed by atoms with E-state index in [1.165, 1.54) is 33.3 Å². The number of carbonyl (C=O) groups excluding carboxylic acids is 2. The van der Waals surface area contributed by atoms with Gasteiger partial charge in [0.2, 0.25) is 10.0 Å². The first kappa shape index (κ1) is 26.4. The summed E-state index contributed by atoms with van der Waals surface area (Å²) in [5.41, 5.74) is 0.411. The molecule has 1 N–H and O–H groups in total. The van der Waals surface area contributed by atoms with Gasteiger partial charge in [0.25, 0.3) is 5.91 Å². The molecule has 12 heteroatoms. The normalized spacial score (nSPS) is 16.1. The molecule has 0 unspecified atom stereocenters. The number of ether oxygens (including phenoxy) is 1. The van der Waals surface area contributed by atoms with Crippen LogP contribution in [-0.2, 0) is 38.9 Å². The van der Waals surface area contributed by atoms with Crippen LogP contribution in [-0.4, -0.2) is 49.8 Å². The van der Waals surface area contributed by atoms with Crippen molar-refractivity contribution in [3.05, 3.63) is 62.2 Å². The number of nitrogens with zero attached hydrogens (tertiary/aromatic N) is 2. The standard InChI is InChI=1S/C24H27ClFN3O5S2/c1-24(2,3)34-23(31)28-11-8-17-15(14-28)4-6-19(21(17)26)29-12-9-18(22(29)30)27-36(32,33)13-10-16-5-7-20(25)35-16/h4-7,9,27H,8,10-14H2,1-3H3. The predicted molar refractivity (Wildman–Crippen MR) is 137 cm³/mol. The molecule has 0 aliphatic carbocycles. The summed E-state index contributed by atoms with van der Waals surface area (Å²) in [5, 5.41) is 0. The van der Waals surface area contributed by atoms with E-state index >= 15 is 4.39 Å². The number of hydrogen-bond acceptors (Lipinski definition) is 6. The number of carbonyl (C=O) groups is 2. The number of anilines is 1. The molecule has 3 heterocycles. The van der Waals surface area contributed by atoms with Crippen LogP contribution in [0.2, 0.25) is 4.34 Å². The molecule has 0 bridgehead atoms. The second kappa shape index (κ2) is 10.0. The third-order valence-corrected chi connectivity index (χ3v) is 8.28. The van der Waals surface area contributed by atoms with Crippen LogP contribution in [0.1, 0.15) is 36.8 Å². The molecule has 1 aromatic carbocycles. The third-order valence-electron chi connectivity index (χ3n) is 5.72. The fraction of sp³-hybridized carbons (Fsp3) is 0.417. The Morgan fingerprint density at radius 1 is 1.25 bits per heavy atom. The van der Waals surface area contributed by atoms with Crippen molar-refractivity contribution >= 4 is 50.6 Å². The van der Waals surface area contributed by atoms with Crippen molar-refractivity contribution < 1.29 is 27.1 Å². The summed E-state index contributed by atoms with van der Waals surface area (Å²) in [6.07, 6.45) is 1.51. The van der Waals surface area contributed by atoms with Crippen LogP contribution < -0.4 is 9.62 Å². The smallest absolute Gasteiger partial charge is 0.410 e. The zero-order valence-corrected chi connectivity index (χ0v) is 22.5. The van der Waals surface area contributed by atoms with E-state index in [4.69, 9.17) is 16.3 Å². The van der Waals surface area contributed by atoms with Crippen molar-refractivity contribution in [1.29, 1.82) is 0 Å². The molecule has 194 valence electrons. The number of thiophene rings is 1. The maximum Gasteiger partial charge on any atom is 0.410 e. The van der Waals surface area contributed by atoms with E-state index < -0.39 is 33.4 Å². The zero-order valence-electron chi connectivity index (χ0n) is 20.1. The van der Waals surface area contributed by atoms with Crippen LogP contribution in [0.15, 0.2) is 36.0 Å². The van der Waals surface area contributed by atoms with E-state index in [0.717, 1.165) is 4.88 Å². The minimum atomic E-state index is -3.79. The molecule has 2 amide bonds. The first-order valence-corrected chi connectivity index (χ1v) is 14.2. The van der Waals surface area contributed by atoms with Gasteiger partial charge in [-0.25, -0.2) is 17.6 Å². The molecular weight excluding hydrogens is 529 g/mol. The Morgan fingerprint density at radius 3 is 2.67 bits per heavy atom. The first-order valence-electron chi connectivity index (χ1n) is 11.4. The lowest BCUT2D eigenvalue weighted by molar-refractivity contribution is -0.114. The minimum absolute atomic E-state index is 0.0387. The maximum atomic E-state index is 15.5. The molecule has 0 fully saturated rings. The summed E-state index contributed by atoms with van der Waals surface area (Å²) >= 11 is 7.18. The molecule has 4 rings (SSSR count). The van der Waals surface area contributed by atoms with E-state index in [0.29, 0.717) is 15.5 Å². The van der Waals surface area contributed by atoms with E-state index in [2.05, 4.69) is 4.72 Å². The highest BCUT2D eigenvalue weighted by atomic mass is 35.5. The molecule has 36 heavy (non-hydrogen) atoms. The molecule has 0 radical (unpaired) electrons. The second-order valence-corrected chi connectivity index (χ2v) is 13.2. The Kier molecular flexibility index (Phi) is 7.36. The number of hydrogen-bond donors (Lipinski definition) is 1. The number of fused-ring (bicyclic) bond motifs is 1. The summed E-state index contributed by atoms with van der Waals surface area (Å²) in [6.45, 7) is 5.87.